The molecular formula is C13H30N2O. The fourth-order valence-corrected chi connectivity index (χ4v) is 2.06. The van der Waals surface area contributed by atoms with Crippen molar-refractivity contribution in [3.63, 3.8) is 0 Å². The van der Waals surface area contributed by atoms with E-state index in [0.717, 1.165) is 19.6 Å². The number of rotatable bonds is 9. The normalized spacial score (nSPS) is 15.8. The third kappa shape index (κ3) is 6.46. The van der Waals surface area contributed by atoms with E-state index in [1.54, 1.807) is 0 Å². The number of likely N-dealkylation sites (N-methyl/N-ethyl adjacent to an activating group) is 1. The smallest absolute Gasteiger partial charge is 0.0623 e. The van der Waals surface area contributed by atoms with Crippen LogP contribution in [0, 0.1) is 0 Å². The Bertz CT molecular complexity index is 173. The van der Waals surface area contributed by atoms with Crippen LogP contribution in [0.15, 0.2) is 0 Å². The summed E-state index contributed by atoms with van der Waals surface area (Å²) in [5.41, 5.74) is -0.183. The Labute approximate surface area is 101 Å². The number of hydrogen-bond donors (Lipinski definition) is 2. The van der Waals surface area contributed by atoms with Gasteiger partial charge in [-0.05, 0) is 26.4 Å². The van der Waals surface area contributed by atoms with Crippen molar-refractivity contribution in [3.8, 4) is 0 Å². The summed E-state index contributed by atoms with van der Waals surface area (Å²) >= 11 is 0. The van der Waals surface area contributed by atoms with Gasteiger partial charge in [0.2, 0.25) is 0 Å². The summed E-state index contributed by atoms with van der Waals surface area (Å²) in [5, 5.41) is 13.0. The predicted octanol–water partition coefficient (Wildman–Crippen LogP) is 1.86. The Balaban J connectivity index is 4.24. The fourth-order valence-electron chi connectivity index (χ4n) is 2.06. The van der Waals surface area contributed by atoms with Crippen LogP contribution in [-0.2, 0) is 0 Å². The summed E-state index contributed by atoms with van der Waals surface area (Å²) in [6.45, 7) is 14.0. The summed E-state index contributed by atoms with van der Waals surface area (Å²) < 4.78 is 0. The van der Waals surface area contributed by atoms with E-state index in [0.29, 0.717) is 6.04 Å². The van der Waals surface area contributed by atoms with E-state index in [1.807, 2.05) is 0 Å². The Morgan fingerprint density at radius 1 is 1.31 bits per heavy atom. The Morgan fingerprint density at radius 3 is 2.31 bits per heavy atom. The monoisotopic (exact) mass is 230 g/mol. The zero-order valence-electron chi connectivity index (χ0n) is 11.7. The van der Waals surface area contributed by atoms with Crippen LogP contribution in [0.5, 0.6) is 0 Å². The minimum Gasteiger partial charge on any atom is -0.394 e. The van der Waals surface area contributed by atoms with Crippen molar-refractivity contribution in [2.24, 2.45) is 0 Å². The second-order valence-corrected chi connectivity index (χ2v) is 5.24. The molecule has 0 saturated heterocycles. The van der Waals surface area contributed by atoms with Gasteiger partial charge in [0.05, 0.1) is 12.1 Å². The van der Waals surface area contributed by atoms with Crippen molar-refractivity contribution in [3.05, 3.63) is 0 Å². The summed E-state index contributed by atoms with van der Waals surface area (Å²) in [5.74, 6) is 0. The minimum atomic E-state index is -0.183. The first-order valence-corrected chi connectivity index (χ1v) is 6.58. The first-order chi connectivity index (χ1) is 7.47. The van der Waals surface area contributed by atoms with Crippen molar-refractivity contribution < 1.29 is 5.11 Å². The van der Waals surface area contributed by atoms with Gasteiger partial charge in [-0.25, -0.2) is 0 Å². The van der Waals surface area contributed by atoms with Crippen molar-refractivity contribution in [2.75, 3.05) is 26.2 Å². The number of aliphatic hydroxyl groups excluding tert-OH is 1. The van der Waals surface area contributed by atoms with Crippen LogP contribution in [0.25, 0.3) is 0 Å². The van der Waals surface area contributed by atoms with E-state index in [1.165, 1.54) is 12.8 Å². The predicted molar refractivity (Wildman–Crippen MR) is 70.8 cm³/mol. The standard InChI is InChI=1S/C13H30N2O/c1-6-8-9-15(7-2)10-13(5,11-16)14-12(3)4/h12,14,16H,6-11H2,1-5H3. The molecule has 3 nitrogen and oxygen atoms in total. The van der Waals surface area contributed by atoms with Crippen LogP contribution in [0.1, 0.15) is 47.5 Å². The summed E-state index contributed by atoms with van der Waals surface area (Å²) in [6, 6.07) is 0.405. The molecule has 1 unspecified atom stereocenters. The average molecular weight is 230 g/mol. The van der Waals surface area contributed by atoms with Gasteiger partial charge in [-0.3, -0.25) is 0 Å². The lowest BCUT2D eigenvalue weighted by Gasteiger charge is -2.36. The molecule has 0 aromatic carbocycles. The Hall–Kier alpha value is -0.120. The Morgan fingerprint density at radius 2 is 1.94 bits per heavy atom. The zero-order chi connectivity index (χ0) is 12.6. The largest absolute Gasteiger partial charge is 0.394 e. The highest BCUT2D eigenvalue weighted by Crippen LogP contribution is 2.08. The average Bonchev–Trinajstić information content (AvgIpc) is 2.23. The van der Waals surface area contributed by atoms with Crippen LogP contribution < -0.4 is 5.32 Å². The topological polar surface area (TPSA) is 35.5 Å². The maximum absolute atomic E-state index is 9.51. The molecule has 16 heavy (non-hydrogen) atoms. The van der Waals surface area contributed by atoms with Crippen LogP contribution in [0.3, 0.4) is 0 Å². The van der Waals surface area contributed by atoms with Gasteiger partial charge >= 0.3 is 0 Å². The van der Waals surface area contributed by atoms with E-state index >= 15 is 0 Å². The molecule has 1 atom stereocenters. The maximum atomic E-state index is 9.51. The molecule has 0 aliphatic carbocycles. The molecule has 2 N–H and O–H groups in total. The molecule has 0 aromatic rings. The molecule has 3 heteroatoms. The molecule has 0 spiro atoms. The van der Waals surface area contributed by atoms with Crippen LogP contribution in [0.4, 0.5) is 0 Å². The number of hydrogen-bond acceptors (Lipinski definition) is 3. The first kappa shape index (κ1) is 15.9. The maximum Gasteiger partial charge on any atom is 0.0623 e. The summed E-state index contributed by atoms with van der Waals surface area (Å²) in [6.07, 6.45) is 2.46. The molecule has 0 heterocycles. The van der Waals surface area contributed by atoms with Crippen LogP contribution in [-0.4, -0.2) is 47.8 Å². The second-order valence-electron chi connectivity index (χ2n) is 5.24. The van der Waals surface area contributed by atoms with Crippen LogP contribution in [0.2, 0.25) is 0 Å². The van der Waals surface area contributed by atoms with E-state index in [-0.39, 0.29) is 12.1 Å². The lowest BCUT2D eigenvalue weighted by atomic mass is 10.0. The van der Waals surface area contributed by atoms with Gasteiger partial charge in [0.1, 0.15) is 0 Å². The Kier molecular flexibility index (Phi) is 7.98. The molecule has 0 rings (SSSR count). The number of unbranched alkanes of at least 4 members (excludes halogenated alkanes) is 1. The molecule has 0 aliphatic heterocycles. The molecule has 0 amide bonds. The van der Waals surface area contributed by atoms with Gasteiger partial charge in [-0.2, -0.15) is 0 Å². The SMILES string of the molecule is CCCCN(CC)CC(C)(CO)NC(C)C. The van der Waals surface area contributed by atoms with Gasteiger partial charge in [-0.1, -0.05) is 34.1 Å². The van der Waals surface area contributed by atoms with E-state index < -0.39 is 0 Å². The molecule has 0 bridgehead atoms. The van der Waals surface area contributed by atoms with Crippen molar-refractivity contribution >= 4 is 0 Å². The van der Waals surface area contributed by atoms with Gasteiger partial charge in [0.15, 0.2) is 0 Å². The lowest BCUT2D eigenvalue weighted by molar-refractivity contribution is 0.115. The van der Waals surface area contributed by atoms with E-state index in [9.17, 15) is 5.11 Å². The molecule has 0 fully saturated rings. The minimum absolute atomic E-state index is 0.183. The number of aliphatic hydroxyl groups is 1. The van der Waals surface area contributed by atoms with Gasteiger partial charge in [0.25, 0.3) is 0 Å². The summed E-state index contributed by atoms with van der Waals surface area (Å²) in [7, 11) is 0. The van der Waals surface area contributed by atoms with Gasteiger partial charge in [0, 0.05) is 12.6 Å². The first-order valence-electron chi connectivity index (χ1n) is 6.58. The summed E-state index contributed by atoms with van der Waals surface area (Å²) in [4.78, 5) is 2.41. The fraction of sp³-hybridized carbons (Fsp3) is 1.00. The van der Waals surface area contributed by atoms with E-state index in [2.05, 4.69) is 44.8 Å². The molecule has 0 aliphatic rings. The van der Waals surface area contributed by atoms with Gasteiger partial charge < -0.3 is 15.3 Å². The van der Waals surface area contributed by atoms with Crippen molar-refractivity contribution in [1.29, 1.82) is 0 Å². The lowest BCUT2D eigenvalue weighted by Crippen LogP contribution is -2.56. The molecule has 98 valence electrons. The second kappa shape index (κ2) is 8.04. The highest BCUT2D eigenvalue weighted by atomic mass is 16.3. The quantitative estimate of drug-likeness (QED) is 0.634. The van der Waals surface area contributed by atoms with E-state index in [4.69, 9.17) is 0 Å². The highest BCUT2D eigenvalue weighted by Gasteiger charge is 2.26. The molecule has 0 saturated carbocycles. The number of nitrogens with zero attached hydrogens (tertiary/aromatic N) is 1. The van der Waals surface area contributed by atoms with Crippen LogP contribution >= 0.6 is 0 Å². The molecule has 0 aromatic heterocycles. The zero-order valence-corrected chi connectivity index (χ0v) is 11.7. The molecular weight excluding hydrogens is 200 g/mol. The van der Waals surface area contributed by atoms with Gasteiger partial charge in [-0.15, -0.1) is 0 Å². The van der Waals surface area contributed by atoms with Crippen molar-refractivity contribution in [2.45, 2.75) is 59.0 Å². The third-order valence-corrected chi connectivity index (χ3v) is 2.83. The highest BCUT2D eigenvalue weighted by molar-refractivity contribution is 4.87. The van der Waals surface area contributed by atoms with Crippen molar-refractivity contribution in [1.82, 2.24) is 10.2 Å². The third-order valence-electron chi connectivity index (χ3n) is 2.83. The number of nitrogens with one attached hydrogen (secondary N) is 1. The molecule has 0 radical (unpaired) electrons.